The molecule has 1 aromatic heterocycles. The Morgan fingerprint density at radius 3 is 2.74 bits per heavy atom. The third-order valence-electron chi connectivity index (χ3n) is 4.15. The van der Waals surface area contributed by atoms with Crippen LogP contribution in [0, 0.1) is 0 Å². The molecule has 23 heavy (non-hydrogen) atoms. The minimum absolute atomic E-state index is 0.0955. The Kier molecular flexibility index (Phi) is 7.30. The van der Waals surface area contributed by atoms with Crippen LogP contribution in [-0.4, -0.2) is 49.6 Å². The molecule has 1 aliphatic rings. The number of thiophene rings is 1. The molecule has 2 nitrogen and oxygen atoms in total. The second-order valence-corrected chi connectivity index (χ2v) is 7.01. The van der Waals surface area contributed by atoms with Crippen molar-refractivity contribution in [3.63, 3.8) is 0 Å². The van der Waals surface area contributed by atoms with Crippen molar-refractivity contribution in [2.24, 2.45) is 0 Å². The van der Waals surface area contributed by atoms with Gasteiger partial charge in [0.1, 0.15) is 0 Å². The lowest BCUT2D eigenvalue weighted by Gasteiger charge is -2.37. The molecule has 0 N–H and O–H groups in total. The van der Waals surface area contributed by atoms with Gasteiger partial charge < -0.3 is 4.74 Å². The minimum atomic E-state index is -2.31. The van der Waals surface area contributed by atoms with E-state index < -0.39 is 12.9 Å². The molecule has 2 heterocycles. The molecular formula is C16H23F4NOS. The highest BCUT2D eigenvalue weighted by atomic mass is 32.1. The lowest BCUT2D eigenvalue weighted by atomic mass is 10.0. The molecule has 0 unspecified atom stereocenters. The third kappa shape index (κ3) is 6.39. The molecule has 0 bridgehead atoms. The first-order valence-corrected chi connectivity index (χ1v) is 8.80. The smallest absolute Gasteiger partial charge is 0.251 e. The molecule has 0 aliphatic carbocycles. The zero-order chi connectivity index (χ0) is 16.8. The van der Waals surface area contributed by atoms with E-state index in [2.05, 4.69) is 0 Å². The van der Waals surface area contributed by atoms with Gasteiger partial charge in [0.2, 0.25) is 6.43 Å². The van der Waals surface area contributed by atoms with Gasteiger partial charge in [0.25, 0.3) is 6.43 Å². The highest BCUT2D eigenvalue weighted by Gasteiger charge is 2.27. The third-order valence-corrected chi connectivity index (χ3v) is 5.15. The van der Waals surface area contributed by atoms with Crippen molar-refractivity contribution in [3.8, 4) is 0 Å². The van der Waals surface area contributed by atoms with Gasteiger partial charge in [0.05, 0.1) is 19.3 Å². The molecule has 2 atom stereocenters. The van der Waals surface area contributed by atoms with E-state index in [0.717, 1.165) is 18.4 Å². The molecule has 1 aromatic rings. The van der Waals surface area contributed by atoms with Gasteiger partial charge >= 0.3 is 0 Å². The Balaban J connectivity index is 1.68. The van der Waals surface area contributed by atoms with Gasteiger partial charge in [-0.05, 0) is 43.2 Å². The van der Waals surface area contributed by atoms with Crippen molar-refractivity contribution in [1.29, 1.82) is 0 Å². The first-order valence-electron chi connectivity index (χ1n) is 7.92. The molecule has 0 amide bonds. The number of rotatable bonds is 8. The van der Waals surface area contributed by atoms with E-state index in [1.54, 1.807) is 4.90 Å². The van der Waals surface area contributed by atoms with Gasteiger partial charge in [0.15, 0.2) is 0 Å². The Morgan fingerprint density at radius 1 is 1.30 bits per heavy atom. The van der Waals surface area contributed by atoms with Gasteiger partial charge in [0, 0.05) is 23.9 Å². The molecular weight excluding hydrogens is 330 g/mol. The summed E-state index contributed by atoms with van der Waals surface area (Å²) < 4.78 is 55.3. The standard InChI is InChI=1S/C16H23F4NOS/c1-11-6-13(2-4-21(11)9-16(19)20)22-5-3-12-7-14(23-10-12)8-15(17)18/h7,10-11,13,15-16H,2-6,8-9H2,1H3/t11-,13+/m0/s1. The molecule has 0 saturated carbocycles. The van der Waals surface area contributed by atoms with E-state index in [-0.39, 0.29) is 25.1 Å². The fourth-order valence-corrected chi connectivity index (χ4v) is 3.87. The van der Waals surface area contributed by atoms with Crippen LogP contribution in [0.5, 0.6) is 0 Å². The predicted molar refractivity (Wildman–Crippen MR) is 83.7 cm³/mol. The first-order chi connectivity index (χ1) is 10.9. The number of nitrogens with zero attached hydrogens (tertiary/aromatic N) is 1. The minimum Gasteiger partial charge on any atom is -0.378 e. The van der Waals surface area contributed by atoms with E-state index in [4.69, 9.17) is 4.74 Å². The number of halogens is 4. The summed E-state index contributed by atoms with van der Waals surface area (Å²) in [4.78, 5) is 2.50. The van der Waals surface area contributed by atoms with Crippen LogP contribution in [0.25, 0.3) is 0 Å². The summed E-state index contributed by atoms with van der Waals surface area (Å²) in [5.41, 5.74) is 1.02. The van der Waals surface area contributed by atoms with Gasteiger partial charge in [-0.1, -0.05) is 0 Å². The van der Waals surface area contributed by atoms with Crippen molar-refractivity contribution < 1.29 is 22.3 Å². The maximum Gasteiger partial charge on any atom is 0.251 e. The lowest BCUT2D eigenvalue weighted by molar-refractivity contribution is -0.0263. The Bertz CT molecular complexity index is 469. The van der Waals surface area contributed by atoms with Crippen LogP contribution in [0.3, 0.4) is 0 Å². The van der Waals surface area contributed by atoms with Gasteiger partial charge in [-0.25, -0.2) is 17.6 Å². The van der Waals surface area contributed by atoms with Crippen LogP contribution in [0.2, 0.25) is 0 Å². The van der Waals surface area contributed by atoms with E-state index in [1.807, 2.05) is 18.4 Å². The average molecular weight is 353 g/mol. The molecule has 2 rings (SSSR count). The Morgan fingerprint density at radius 2 is 2.09 bits per heavy atom. The number of ether oxygens (including phenoxy) is 1. The van der Waals surface area contributed by atoms with E-state index >= 15 is 0 Å². The molecule has 1 saturated heterocycles. The topological polar surface area (TPSA) is 12.5 Å². The summed E-state index contributed by atoms with van der Waals surface area (Å²) in [7, 11) is 0. The monoisotopic (exact) mass is 353 g/mol. The SMILES string of the molecule is C[C@H]1C[C@H](OCCc2csc(CC(F)F)c2)CCN1CC(F)F. The molecule has 1 fully saturated rings. The Labute approximate surface area is 138 Å². The van der Waals surface area contributed by atoms with Crippen LogP contribution >= 0.6 is 11.3 Å². The highest BCUT2D eigenvalue weighted by molar-refractivity contribution is 7.10. The van der Waals surface area contributed by atoms with E-state index in [9.17, 15) is 17.6 Å². The van der Waals surface area contributed by atoms with E-state index in [1.165, 1.54) is 11.3 Å². The summed E-state index contributed by atoms with van der Waals surface area (Å²) in [6, 6.07) is 1.91. The summed E-state index contributed by atoms with van der Waals surface area (Å²) in [6.07, 6.45) is -2.48. The fraction of sp³-hybridized carbons (Fsp3) is 0.750. The second-order valence-electron chi connectivity index (χ2n) is 6.02. The molecule has 132 valence electrons. The van der Waals surface area contributed by atoms with Crippen molar-refractivity contribution in [2.45, 2.75) is 57.6 Å². The summed E-state index contributed by atoms with van der Waals surface area (Å²) >= 11 is 1.36. The predicted octanol–water partition coefficient (Wildman–Crippen LogP) is 4.23. The van der Waals surface area contributed by atoms with Crippen LogP contribution in [-0.2, 0) is 17.6 Å². The lowest BCUT2D eigenvalue weighted by Crippen LogP contribution is -2.45. The zero-order valence-corrected chi connectivity index (χ0v) is 14.0. The number of hydrogen-bond donors (Lipinski definition) is 0. The van der Waals surface area contributed by atoms with Crippen LogP contribution in [0.15, 0.2) is 11.4 Å². The maximum absolute atomic E-state index is 12.4. The molecule has 0 aromatic carbocycles. The van der Waals surface area contributed by atoms with Gasteiger partial charge in [-0.3, -0.25) is 4.90 Å². The normalized spacial score (nSPS) is 23.1. The molecule has 0 radical (unpaired) electrons. The van der Waals surface area contributed by atoms with Crippen LogP contribution < -0.4 is 0 Å². The largest absolute Gasteiger partial charge is 0.378 e. The average Bonchev–Trinajstić information content (AvgIpc) is 2.88. The van der Waals surface area contributed by atoms with Gasteiger partial charge in [-0.2, -0.15) is 0 Å². The van der Waals surface area contributed by atoms with Crippen molar-refractivity contribution in [1.82, 2.24) is 4.90 Å². The second kappa shape index (κ2) is 8.99. The summed E-state index contributed by atoms with van der Waals surface area (Å²) in [5, 5.41) is 1.90. The Hall–Kier alpha value is -0.660. The summed E-state index contributed by atoms with van der Waals surface area (Å²) in [5.74, 6) is 0. The highest BCUT2D eigenvalue weighted by Crippen LogP contribution is 2.22. The first kappa shape index (κ1) is 18.7. The molecule has 1 aliphatic heterocycles. The number of hydrogen-bond acceptors (Lipinski definition) is 3. The maximum atomic E-state index is 12.4. The quantitative estimate of drug-likeness (QED) is 0.649. The van der Waals surface area contributed by atoms with Crippen molar-refractivity contribution >= 4 is 11.3 Å². The van der Waals surface area contributed by atoms with Crippen molar-refractivity contribution in [3.05, 3.63) is 21.9 Å². The number of piperidine rings is 1. The van der Waals surface area contributed by atoms with Crippen molar-refractivity contribution in [2.75, 3.05) is 19.7 Å². The molecule has 0 spiro atoms. The van der Waals surface area contributed by atoms with Crippen LogP contribution in [0.4, 0.5) is 17.6 Å². The molecule has 7 heteroatoms. The summed E-state index contributed by atoms with van der Waals surface area (Å²) in [6.45, 7) is 2.95. The van der Waals surface area contributed by atoms with Gasteiger partial charge in [-0.15, -0.1) is 11.3 Å². The number of likely N-dealkylation sites (tertiary alicyclic amines) is 1. The zero-order valence-electron chi connectivity index (χ0n) is 13.2. The van der Waals surface area contributed by atoms with E-state index in [0.29, 0.717) is 24.4 Å². The fourth-order valence-electron chi connectivity index (χ4n) is 2.94. The van der Waals surface area contributed by atoms with Crippen LogP contribution in [0.1, 0.15) is 30.2 Å². The number of alkyl halides is 4.